The molecule has 0 aliphatic heterocycles. The SMILES string of the molecule is COC(CN)Cc1nnc(C)n1C1CC1. The maximum absolute atomic E-state index is 5.60. The van der Waals surface area contributed by atoms with Crippen LogP contribution in [0.25, 0.3) is 0 Å². The summed E-state index contributed by atoms with van der Waals surface area (Å²) in [5.74, 6) is 2.01. The molecule has 5 nitrogen and oxygen atoms in total. The van der Waals surface area contributed by atoms with E-state index in [0.717, 1.165) is 18.1 Å². The summed E-state index contributed by atoms with van der Waals surface area (Å²) in [5, 5.41) is 8.31. The van der Waals surface area contributed by atoms with Crippen molar-refractivity contribution in [1.29, 1.82) is 0 Å². The van der Waals surface area contributed by atoms with Gasteiger partial charge in [0.25, 0.3) is 0 Å². The van der Waals surface area contributed by atoms with Gasteiger partial charge in [-0.2, -0.15) is 0 Å². The van der Waals surface area contributed by atoms with Gasteiger partial charge in [-0.05, 0) is 19.8 Å². The molecule has 0 radical (unpaired) electrons. The average Bonchev–Trinajstić information content (AvgIpc) is 3.01. The summed E-state index contributed by atoms with van der Waals surface area (Å²) in [6, 6.07) is 0.616. The Bertz CT molecular complexity index is 328. The summed E-state index contributed by atoms with van der Waals surface area (Å²) >= 11 is 0. The van der Waals surface area contributed by atoms with Gasteiger partial charge in [-0.3, -0.25) is 0 Å². The smallest absolute Gasteiger partial charge is 0.135 e. The molecule has 0 saturated heterocycles. The van der Waals surface area contributed by atoms with Crippen LogP contribution in [0.1, 0.15) is 30.5 Å². The first-order chi connectivity index (χ1) is 7.26. The van der Waals surface area contributed by atoms with Crippen molar-refractivity contribution in [2.75, 3.05) is 13.7 Å². The lowest BCUT2D eigenvalue weighted by molar-refractivity contribution is 0.107. The van der Waals surface area contributed by atoms with Crippen molar-refractivity contribution in [2.45, 2.75) is 38.3 Å². The maximum Gasteiger partial charge on any atom is 0.135 e. The zero-order valence-corrected chi connectivity index (χ0v) is 9.31. The third-order valence-corrected chi connectivity index (χ3v) is 2.86. The number of nitrogens with zero attached hydrogens (tertiary/aromatic N) is 3. The second kappa shape index (κ2) is 4.28. The molecule has 15 heavy (non-hydrogen) atoms. The van der Waals surface area contributed by atoms with Crippen molar-refractivity contribution in [3.05, 3.63) is 11.6 Å². The molecular formula is C10H18N4O. The molecule has 2 N–H and O–H groups in total. The molecule has 84 valence electrons. The molecular weight excluding hydrogens is 192 g/mol. The zero-order valence-electron chi connectivity index (χ0n) is 9.31. The summed E-state index contributed by atoms with van der Waals surface area (Å²) in [7, 11) is 1.68. The van der Waals surface area contributed by atoms with Gasteiger partial charge < -0.3 is 15.0 Å². The normalized spacial score (nSPS) is 18.1. The Morgan fingerprint density at radius 2 is 2.27 bits per heavy atom. The zero-order chi connectivity index (χ0) is 10.8. The molecule has 1 unspecified atom stereocenters. The molecule has 1 aromatic rings. The number of methoxy groups -OCH3 is 1. The van der Waals surface area contributed by atoms with Crippen LogP contribution in [0.5, 0.6) is 0 Å². The third-order valence-electron chi connectivity index (χ3n) is 2.86. The molecule has 1 fully saturated rings. The lowest BCUT2D eigenvalue weighted by Gasteiger charge is -2.13. The first-order valence-electron chi connectivity index (χ1n) is 5.39. The van der Waals surface area contributed by atoms with E-state index in [1.54, 1.807) is 7.11 Å². The van der Waals surface area contributed by atoms with Gasteiger partial charge in [0.15, 0.2) is 0 Å². The number of aromatic nitrogens is 3. The molecule has 0 bridgehead atoms. The molecule has 1 aliphatic carbocycles. The summed E-state index contributed by atoms with van der Waals surface area (Å²) in [6.45, 7) is 2.52. The van der Waals surface area contributed by atoms with Gasteiger partial charge in [-0.1, -0.05) is 0 Å². The number of nitrogens with two attached hydrogens (primary N) is 1. The Morgan fingerprint density at radius 1 is 1.53 bits per heavy atom. The molecule has 0 amide bonds. The van der Waals surface area contributed by atoms with E-state index in [9.17, 15) is 0 Å². The lowest BCUT2D eigenvalue weighted by Crippen LogP contribution is -2.26. The van der Waals surface area contributed by atoms with E-state index in [4.69, 9.17) is 10.5 Å². The van der Waals surface area contributed by atoms with Crippen molar-refractivity contribution in [3.63, 3.8) is 0 Å². The van der Waals surface area contributed by atoms with E-state index in [1.165, 1.54) is 12.8 Å². The first kappa shape index (κ1) is 10.6. The molecule has 1 aromatic heterocycles. The Hall–Kier alpha value is -0.940. The minimum atomic E-state index is 0.0473. The fourth-order valence-electron chi connectivity index (χ4n) is 1.83. The molecule has 2 rings (SSSR count). The standard InChI is InChI=1S/C10H18N4O/c1-7-12-13-10(5-9(6-11)15-2)14(7)8-3-4-8/h8-9H,3-6,11H2,1-2H3. The molecule has 1 saturated carbocycles. The van der Waals surface area contributed by atoms with E-state index in [0.29, 0.717) is 12.6 Å². The van der Waals surface area contributed by atoms with Crippen LogP contribution in [0.4, 0.5) is 0 Å². The number of ether oxygens (including phenoxy) is 1. The fraction of sp³-hybridized carbons (Fsp3) is 0.800. The monoisotopic (exact) mass is 210 g/mol. The lowest BCUT2D eigenvalue weighted by atomic mass is 10.2. The first-order valence-corrected chi connectivity index (χ1v) is 5.39. The van der Waals surface area contributed by atoms with Crippen LogP contribution in [0.3, 0.4) is 0 Å². The Balaban J connectivity index is 2.13. The van der Waals surface area contributed by atoms with Crippen LogP contribution in [-0.4, -0.2) is 34.5 Å². The van der Waals surface area contributed by atoms with Gasteiger partial charge in [0.05, 0.1) is 6.10 Å². The van der Waals surface area contributed by atoms with Crippen molar-refractivity contribution in [3.8, 4) is 0 Å². The van der Waals surface area contributed by atoms with E-state index < -0.39 is 0 Å². The number of aryl methyl sites for hydroxylation is 1. The van der Waals surface area contributed by atoms with Crippen molar-refractivity contribution in [1.82, 2.24) is 14.8 Å². The van der Waals surface area contributed by atoms with Gasteiger partial charge in [0, 0.05) is 26.1 Å². The second-order valence-electron chi connectivity index (χ2n) is 4.06. The highest BCUT2D eigenvalue weighted by Gasteiger charge is 2.28. The fourth-order valence-corrected chi connectivity index (χ4v) is 1.83. The van der Waals surface area contributed by atoms with Crippen molar-refractivity contribution >= 4 is 0 Å². The van der Waals surface area contributed by atoms with Crippen molar-refractivity contribution in [2.24, 2.45) is 5.73 Å². The van der Waals surface area contributed by atoms with Crippen LogP contribution in [0.2, 0.25) is 0 Å². The highest BCUT2D eigenvalue weighted by Crippen LogP contribution is 2.36. The summed E-state index contributed by atoms with van der Waals surface area (Å²) in [6.07, 6.45) is 3.29. The molecule has 1 atom stereocenters. The number of hydrogen-bond donors (Lipinski definition) is 1. The summed E-state index contributed by atoms with van der Waals surface area (Å²) in [5.41, 5.74) is 5.60. The summed E-state index contributed by atoms with van der Waals surface area (Å²) in [4.78, 5) is 0. The van der Waals surface area contributed by atoms with Gasteiger partial charge in [0.1, 0.15) is 11.6 Å². The molecule has 5 heteroatoms. The Labute approximate surface area is 89.6 Å². The minimum absolute atomic E-state index is 0.0473. The highest BCUT2D eigenvalue weighted by atomic mass is 16.5. The van der Waals surface area contributed by atoms with Crippen LogP contribution in [-0.2, 0) is 11.2 Å². The molecule has 1 aliphatic rings. The van der Waals surface area contributed by atoms with E-state index in [2.05, 4.69) is 14.8 Å². The maximum atomic E-state index is 5.60. The van der Waals surface area contributed by atoms with Crippen LogP contribution in [0, 0.1) is 6.92 Å². The van der Waals surface area contributed by atoms with Crippen LogP contribution < -0.4 is 5.73 Å². The third kappa shape index (κ3) is 2.18. The number of hydrogen-bond acceptors (Lipinski definition) is 4. The van der Waals surface area contributed by atoms with Crippen molar-refractivity contribution < 1.29 is 4.74 Å². The van der Waals surface area contributed by atoms with Gasteiger partial charge in [-0.15, -0.1) is 10.2 Å². The molecule has 0 aromatic carbocycles. The highest BCUT2D eigenvalue weighted by molar-refractivity contribution is 5.02. The quantitative estimate of drug-likeness (QED) is 0.765. The number of rotatable bonds is 5. The van der Waals surface area contributed by atoms with Crippen LogP contribution >= 0.6 is 0 Å². The molecule has 0 spiro atoms. The minimum Gasteiger partial charge on any atom is -0.380 e. The van der Waals surface area contributed by atoms with E-state index in [1.807, 2.05) is 6.92 Å². The van der Waals surface area contributed by atoms with Crippen LogP contribution in [0.15, 0.2) is 0 Å². The average molecular weight is 210 g/mol. The summed E-state index contributed by atoms with van der Waals surface area (Å²) < 4.78 is 7.49. The van der Waals surface area contributed by atoms with Gasteiger partial charge in [-0.25, -0.2) is 0 Å². The Kier molecular flexibility index (Phi) is 3.02. The van der Waals surface area contributed by atoms with Gasteiger partial charge >= 0.3 is 0 Å². The Morgan fingerprint density at radius 3 is 2.80 bits per heavy atom. The van der Waals surface area contributed by atoms with Gasteiger partial charge in [0.2, 0.25) is 0 Å². The topological polar surface area (TPSA) is 66.0 Å². The second-order valence-corrected chi connectivity index (χ2v) is 4.06. The predicted octanol–water partition coefficient (Wildman–Crippen LogP) is 0.438. The van der Waals surface area contributed by atoms with E-state index in [-0.39, 0.29) is 6.10 Å². The largest absolute Gasteiger partial charge is 0.380 e. The predicted molar refractivity (Wildman–Crippen MR) is 56.6 cm³/mol. The molecule has 1 heterocycles. The van der Waals surface area contributed by atoms with E-state index >= 15 is 0 Å².